The summed E-state index contributed by atoms with van der Waals surface area (Å²) in [5, 5.41) is 15.4. The third-order valence-corrected chi connectivity index (χ3v) is 4.19. The van der Waals surface area contributed by atoms with Crippen molar-refractivity contribution in [1.82, 2.24) is 5.32 Å². The van der Waals surface area contributed by atoms with Crippen molar-refractivity contribution in [3.05, 3.63) is 33.8 Å². The minimum Gasteiger partial charge on any atom is -0.385 e. The highest BCUT2D eigenvalue weighted by Crippen LogP contribution is 2.40. The Kier molecular flexibility index (Phi) is 3.99. The molecule has 0 spiro atoms. The third kappa shape index (κ3) is 2.45. The van der Waals surface area contributed by atoms with E-state index in [9.17, 15) is 5.11 Å². The first-order valence-electron chi connectivity index (χ1n) is 5.96. The van der Waals surface area contributed by atoms with Crippen LogP contribution in [0.1, 0.15) is 25.3 Å². The zero-order valence-electron chi connectivity index (χ0n) is 9.84. The van der Waals surface area contributed by atoms with Crippen LogP contribution in [0.4, 0.5) is 0 Å². The first-order valence-corrected chi connectivity index (χ1v) is 6.72. The van der Waals surface area contributed by atoms with Crippen molar-refractivity contribution < 1.29 is 5.11 Å². The van der Waals surface area contributed by atoms with Crippen molar-refractivity contribution in [3.8, 4) is 0 Å². The number of benzene rings is 1. The van der Waals surface area contributed by atoms with Gasteiger partial charge < -0.3 is 10.4 Å². The first-order chi connectivity index (χ1) is 8.08. The van der Waals surface area contributed by atoms with E-state index in [1.54, 1.807) is 12.1 Å². The van der Waals surface area contributed by atoms with Crippen molar-refractivity contribution in [1.29, 1.82) is 0 Å². The van der Waals surface area contributed by atoms with E-state index in [0.717, 1.165) is 25.1 Å². The highest BCUT2D eigenvalue weighted by Gasteiger charge is 2.40. The van der Waals surface area contributed by atoms with Crippen molar-refractivity contribution in [2.24, 2.45) is 5.92 Å². The van der Waals surface area contributed by atoms with Gasteiger partial charge >= 0.3 is 0 Å². The Morgan fingerprint density at radius 2 is 2.24 bits per heavy atom. The lowest BCUT2D eigenvalue weighted by Crippen LogP contribution is -2.48. The molecule has 2 rings (SSSR count). The fourth-order valence-electron chi connectivity index (χ4n) is 2.61. The van der Waals surface area contributed by atoms with Crippen LogP contribution in [0.3, 0.4) is 0 Å². The normalized spacial score (nSPS) is 29.3. The number of halogens is 2. The van der Waals surface area contributed by atoms with E-state index in [4.69, 9.17) is 23.2 Å². The molecular formula is C13H17Cl2NO. The van der Waals surface area contributed by atoms with E-state index in [1.807, 2.05) is 6.07 Å². The molecule has 1 fully saturated rings. The Morgan fingerprint density at radius 1 is 1.47 bits per heavy atom. The summed E-state index contributed by atoms with van der Waals surface area (Å²) in [6.07, 6.45) is 1.61. The van der Waals surface area contributed by atoms with Gasteiger partial charge in [0.15, 0.2) is 0 Å². The van der Waals surface area contributed by atoms with Crippen LogP contribution in [-0.4, -0.2) is 18.2 Å². The zero-order chi connectivity index (χ0) is 12.5. The monoisotopic (exact) mass is 273 g/mol. The minimum absolute atomic E-state index is 0.190. The fourth-order valence-corrected chi connectivity index (χ4v) is 3.18. The summed E-state index contributed by atoms with van der Waals surface area (Å²) in [5.41, 5.74) is -0.0290. The highest BCUT2D eigenvalue weighted by molar-refractivity contribution is 6.35. The van der Waals surface area contributed by atoms with Gasteiger partial charge in [0.2, 0.25) is 0 Å². The van der Waals surface area contributed by atoms with Crippen LogP contribution in [0.2, 0.25) is 10.0 Å². The third-order valence-electron chi connectivity index (χ3n) is 3.64. The molecule has 1 aliphatic heterocycles. The van der Waals surface area contributed by atoms with Gasteiger partial charge in [-0.1, -0.05) is 36.2 Å². The molecule has 1 aromatic carbocycles. The number of hydrogen-bond donors (Lipinski definition) is 2. The standard InChI is InChI=1S/C13H17Cl2NO/c1-2-9-8-16-6-5-13(9,17)11-4-3-10(14)7-12(11)15/h3-4,7,9,16-17H,2,5-6,8H2,1H3. The maximum Gasteiger partial charge on any atom is 0.0963 e. The molecule has 1 saturated heterocycles. The summed E-state index contributed by atoms with van der Waals surface area (Å²) in [6, 6.07) is 5.33. The topological polar surface area (TPSA) is 32.3 Å². The Labute approximate surface area is 112 Å². The summed E-state index contributed by atoms with van der Waals surface area (Å²) >= 11 is 12.1. The zero-order valence-corrected chi connectivity index (χ0v) is 11.4. The van der Waals surface area contributed by atoms with Crippen LogP contribution in [-0.2, 0) is 5.60 Å². The van der Waals surface area contributed by atoms with E-state index >= 15 is 0 Å². The minimum atomic E-state index is -0.832. The molecular weight excluding hydrogens is 257 g/mol. The average Bonchev–Trinajstić information content (AvgIpc) is 2.29. The summed E-state index contributed by atoms with van der Waals surface area (Å²) < 4.78 is 0. The van der Waals surface area contributed by atoms with E-state index in [1.165, 1.54) is 0 Å². The maximum absolute atomic E-state index is 10.9. The quantitative estimate of drug-likeness (QED) is 0.868. The van der Waals surface area contributed by atoms with Crippen LogP contribution in [0.15, 0.2) is 18.2 Å². The Morgan fingerprint density at radius 3 is 2.88 bits per heavy atom. The number of rotatable bonds is 2. The van der Waals surface area contributed by atoms with Crippen LogP contribution >= 0.6 is 23.2 Å². The predicted molar refractivity (Wildman–Crippen MR) is 71.6 cm³/mol. The van der Waals surface area contributed by atoms with Gasteiger partial charge in [0, 0.05) is 28.1 Å². The summed E-state index contributed by atoms with van der Waals surface area (Å²) in [4.78, 5) is 0. The Balaban J connectivity index is 2.41. The highest BCUT2D eigenvalue weighted by atomic mass is 35.5. The molecule has 0 amide bonds. The molecule has 94 valence electrons. The summed E-state index contributed by atoms with van der Waals surface area (Å²) in [7, 11) is 0. The summed E-state index contributed by atoms with van der Waals surface area (Å²) in [5.74, 6) is 0.190. The predicted octanol–water partition coefficient (Wildman–Crippen LogP) is 3.20. The molecule has 17 heavy (non-hydrogen) atoms. The molecule has 0 radical (unpaired) electrons. The van der Waals surface area contributed by atoms with E-state index < -0.39 is 5.60 Å². The lowest BCUT2D eigenvalue weighted by atomic mass is 9.75. The number of piperidine rings is 1. The Hall–Kier alpha value is -0.280. The van der Waals surface area contributed by atoms with Crippen molar-refractivity contribution in [2.75, 3.05) is 13.1 Å². The van der Waals surface area contributed by atoms with Crippen molar-refractivity contribution in [3.63, 3.8) is 0 Å². The molecule has 2 atom stereocenters. The molecule has 0 bridgehead atoms. The van der Waals surface area contributed by atoms with Crippen LogP contribution in [0, 0.1) is 5.92 Å². The van der Waals surface area contributed by atoms with Gasteiger partial charge in [-0.2, -0.15) is 0 Å². The molecule has 0 saturated carbocycles. The van der Waals surface area contributed by atoms with Gasteiger partial charge in [-0.05, 0) is 31.5 Å². The Bertz CT molecular complexity index is 410. The van der Waals surface area contributed by atoms with Crippen LogP contribution in [0.25, 0.3) is 0 Å². The van der Waals surface area contributed by atoms with Gasteiger partial charge in [0.25, 0.3) is 0 Å². The van der Waals surface area contributed by atoms with Crippen LogP contribution < -0.4 is 5.32 Å². The second-order valence-corrected chi connectivity index (χ2v) is 5.45. The molecule has 1 aliphatic rings. The molecule has 2 N–H and O–H groups in total. The number of nitrogens with one attached hydrogen (secondary N) is 1. The largest absolute Gasteiger partial charge is 0.385 e. The molecule has 4 heteroatoms. The first kappa shape index (κ1) is 13.2. The lowest BCUT2D eigenvalue weighted by Gasteiger charge is -2.41. The van der Waals surface area contributed by atoms with Crippen LogP contribution in [0.5, 0.6) is 0 Å². The molecule has 2 nitrogen and oxygen atoms in total. The second-order valence-electron chi connectivity index (χ2n) is 4.61. The summed E-state index contributed by atoms with van der Waals surface area (Å²) in [6.45, 7) is 3.73. The van der Waals surface area contributed by atoms with Gasteiger partial charge in [0.05, 0.1) is 5.60 Å². The average molecular weight is 274 g/mol. The lowest BCUT2D eigenvalue weighted by molar-refractivity contribution is -0.0477. The van der Waals surface area contributed by atoms with Crippen molar-refractivity contribution in [2.45, 2.75) is 25.4 Å². The SMILES string of the molecule is CCC1CNCCC1(O)c1ccc(Cl)cc1Cl. The number of aliphatic hydroxyl groups is 1. The van der Waals surface area contributed by atoms with Gasteiger partial charge in [-0.15, -0.1) is 0 Å². The maximum atomic E-state index is 10.9. The smallest absolute Gasteiger partial charge is 0.0963 e. The molecule has 0 aromatic heterocycles. The van der Waals surface area contributed by atoms with E-state index in [-0.39, 0.29) is 5.92 Å². The number of hydrogen-bond acceptors (Lipinski definition) is 2. The molecule has 1 heterocycles. The fraction of sp³-hybridized carbons (Fsp3) is 0.538. The van der Waals surface area contributed by atoms with E-state index in [2.05, 4.69) is 12.2 Å². The second kappa shape index (κ2) is 5.15. The molecule has 1 aromatic rings. The molecule has 0 aliphatic carbocycles. The van der Waals surface area contributed by atoms with E-state index in [0.29, 0.717) is 16.5 Å². The van der Waals surface area contributed by atoms with Gasteiger partial charge in [-0.3, -0.25) is 0 Å². The van der Waals surface area contributed by atoms with Gasteiger partial charge in [0.1, 0.15) is 0 Å². The molecule has 2 unspecified atom stereocenters. The van der Waals surface area contributed by atoms with Crippen molar-refractivity contribution >= 4 is 23.2 Å². The van der Waals surface area contributed by atoms with Gasteiger partial charge in [-0.25, -0.2) is 0 Å².